The van der Waals surface area contributed by atoms with Crippen molar-refractivity contribution in [3.63, 3.8) is 0 Å². The summed E-state index contributed by atoms with van der Waals surface area (Å²) in [4.78, 5) is 0. The molecule has 2 aromatic carbocycles. The van der Waals surface area contributed by atoms with Gasteiger partial charge in [0.25, 0.3) is 0 Å². The van der Waals surface area contributed by atoms with Crippen LogP contribution in [0.15, 0.2) is 42.5 Å². The molecule has 19 heavy (non-hydrogen) atoms. The van der Waals surface area contributed by atoms with E-state index in [0.717, 1.165) is 10.8 Å². The third kappa shape index (κ3) is 1.69. The molecule has 0 aliphatic heterocycles. The number of para-hydroxylation sites is 1. The van der Waals surface area contributed by atoms with Crippen molar-refractivity contribution < 1.29 is 8.42 Å². The van der Waals surface area contributed by atoms with E-state index in [2.05, 4.69) is 6.07 Å². The lowest BCUT2D eigenvalue weighted by Gasteiger charge is -2.03. The third-order valence-corrected chi connectivity index (χ3v) is 4.15. The maximum absolute atomic E-state index is 12.0. The van der Waals surface area contributed by atoms with E-state index < -0.39 is 10.0 Å². The molecule has 0 unspecified atom stereocenters. The van der Waals surface area contributed by atoms with Gasteiger partial charge in [0.15, 0.2) is 0 Å². The molecular weight excluding hydrogens is 260 g/mol. The summed E-state index contributed by atoms with van der Waals surface area (Å²) in [6.45, 7) is 0. The minimum absolute atomic E-state index is 0.518. The van der Waals surface area contributed by atoms with Crippen molar-refractivity contribution in [3.8, 4) is 6.07 Å². The molecule has 0 saturated carbocycles. The first-order chi connectivity index (χ1) is 9.02. The van der Waals surface area contributed by atoms with Gasteiger partial charge >= 0.3 is 0 Å². The molecule has 0 spiro atoms. The summed E-state index contributed by atoms with van der Waals surface area (Å²) in [6, 6.07) is 14.4. The Bertz CT molecular complexity index is 947. The SMILES string of the molecule is CS(=O)(=O)n1c2ccccc2c2cc(C#N)ccc21. The number of fused-ring (bicyclic) bond motifs is 3. The normalized spacial score (nSPS) is 11.8. The van der Waals surface area contributed by atoms with Gasteiger partial charge < -0.3 is 0 Å². The highest BCUT2D eigenvalue weighted by Crippen LogP contribution is 2.30. The summed E-state index contributed by atoms with van der Waals surface area (Å²) in [7, 11) is -3.40. The quantitative estimate of drug-likeness (QED) is 0.682. The molecule has 0 amide bonds. The first-order valence-corrected chi connectivity index (χ1v) is 7.51. The van der Waals surface area contributed by atoms with Gasteiger partial charge in [0.05, 0.1) is 28.9 Å². The number of hydrogen-bond acceptors (Lipinski definition) is 3. The van der Waals surface area contributed by atoms with Crippen LogP contribution in [0.4, 0.5) is 0 Å². The Morgan fingerprint density at radius 3 is 2.42 bits per heavy atom. The number of rotatable bonds is 1. The van der Waals surface area contributed by atoms with Crippen molar-refractivity contribution in [3.05, 3.63) is 48.0 Å². The van der Waals surface area contributed by atoms with E-state index in [1.807, 2.05) is 12.1 Å². The van der Waals surface area contributed by atoms with E-state index in [1.54, 1.807) is 30.3 Å². The van der Waals surface area contributed by atoms with Crippen molar-refractivity contribution in [1.82, 2.24) is 3.97 Å². The van der Waals surface area contributed by atoms with E-state index in [9.17, 15) is 8.42 Å². The first-order valence-electron chi connectivity index (χ1n) is 5.66. The second-order valence-corrected chi connectivity index (χ2v) is 6.22. The summed E-state index contributed by atoms with van der Waals surface area (Å²) in [5, 5.41) is 10.6. The zero-order chi connectivity index (χ0) is 13.6. The molecule has 0 bridgehead atoms. The van der Waals surface area contributed by atoms with Gasteiger partial charge in [-0.15, -0.1) is 0 Å². The van der Waals surface area contributed by atoms with Crippen LogP contribution in [-0.2, 0) is 10.0 Å². The van der Waals surface area contributed by atoms with Crippen LogP contribution in [0.25, 0.3) is 21.8 Å². The van der Waals surface area contributed by atoms with Crippen LogP contribution >= 0.6 is 0 Å². The van der Waals surface area contributed by atoms with Crippen molar-refractivity contribution in [2.24, 2.45) is 0 Å². The number of benzene rings is 2. The van der Waals surface area contributed by atoms with E-state index in [1.165, 1.54) is 10.2 Å². The maximum Gasteiger partial charge on any atom is 0.236 e. The fourth-order valence-electron chi connectivity index (χ4n) is 2.36. The largest absolute Gasteiger partial charge is 0.237 e. The smallest absolute Gasteiger partial charge is 0.236 e. The third-order valence-electron chi connectivity index (χ3n) is 3.09. The summed E-state index contributed by atoms with van der Waals surface area (Å²) < 4.78 is 25.3. The standard InChI is InChI=1S/C14H10N2O2S/c1-19(17,18)16-13-5-3-2-4-11(13)12-8-10(9-15)6-7-14(12)16/h2-8H,1H3. The van der Waals surface area contributed by atoms with Crippen molar-refractivity contribution in [2.75, 3.05) is 6.26 Å². The number of hydrogen-bond donors (Lipinski definition) is 0. The van der Waals surface area contributed by atoms with Crippen LogP contribution in [0.3, 0.4) is 0 Å². The molecule has 0 saturated heterocycles. The van der Waals surface area contributed by atoms with Crippen LogP contribution in [0.1, 0.15) is 5.56 Å². The number of nitrogens with zero attached hydrogens (tertiary/aromatic N) is 2. The van der Waals surface area contributed by atoms with Crippen LogP contribution in [0.2, 0.25) is 0 Å². The molecule has 3 aromatic rings. The van der Waals surface area contributed by atoms with Crippen molar-refractivity contribution in [2.45, 2.75) is 0 Å². The summed E-state index contributed by atoms with van der Waals surface area (Å²) >= 11 is 0. The van der Waals surface area contributed by atoms with E-state index in [0.29, 0.717) is 16.6 Å². The molecule has 5 heteroatoms. The number of aromatic nitrogens is 1. The van der Waals surface area contributed by atoms with Gasteiger partial charge in [-0.1, -0.05) is 18.2 Å². The molecule has 0 aliphatic rings. The highest BCUT2D eigenvalue weighted by molar-refractivity contribution is 7.89. The van der Waals surface area contributed by atoms with Gasteiger partial charge in [-0.25, -0.2) is 12.4 Å². The Morgan fingerprint density at radius 2 is 1.74 bits per heavy atom. The number of nitriles is 1. The Labute approximate surface area is 110 Å². The minimum atomic E-state index is -3.40. The molecule has 94 valence electrons. The zero-order valence-electron chi connectivity index (χ0n) is 10.2. The lowest BCUT2D eigenvalue weighted by Crippen LogP contribution is -2.09. The predicted molar refractivity (Wildman–Crippen MR) is 74.4 cm³/mol. The Kier molecular flexibility index (Phi) is 2.37. The van der Waals surface area contributed by atoms with E-state index in [-0.39, 0.29) is 0 Å². The molecule has 0 aliphatic carbocycles. The molecular formula is C14H10N2O2S. The summed E-state index contributed by atoms with van der Waals surface area (Å²) in [5.74, 6) is 0. The lowest BCUT2D eigenvalue weighted by molar-refractivity contribution is 0.596. The Morgan fingerprint density at radius 1 is 1.05 bits per heavy atom. The average Bonchev–Trinajstić information content (AvgIpc) is 2.72. The van der Waals surface area contributed by atoms with Gasteiger partial charge in [0.2, 0.25) is 10.0 Å². The molecule has 4 nitrogen and oxygen atoms in total. The zero-order valence-corrected chi connectivity index (χ0v) is 11.0. The average molecular weight is 270 g/mol. The van der Waals surface area contributed by atoms with Gasteiger partial charge in [-0.2, -0.15) is 5.26 Å². The van der Waals surface area contributed by atoms with Crippen LogP contribution in [0.5, 0.6) is 0 Å². The molecule has 1 heterocycles. The molecule has 0 fully saturated rings. The van der Waals surface area contributed by atoms with Gasteiger partial charge in [0, 0.05) is 10.8 Å². The van der Waals surface area contributed by atoms with Crippen LogP contribution < -0.4 is 0 Å². The van der Waals surface area contributed by atoms with Gasteiger partial charge in [0.1, 0.15) is 0 Å². The fourth-order valence-corrected chi connectivity index (χ4v) is 3.40. The first kappa shape index (κ1) is 11.8. The second-order valence-electron chi connectivity index (χ2n) is 4.39. The highest BCUT2D eigenvalue weighted by Gasteiger charge is 2.16. The van der Waals surface area contributed by atoms with Crippen LogP contribution in [-0.4, -0.2) is 18.6 Å². The van der Waals surface area contributed by atoms with Crippen LogP contribution in [0, 0.1) is 11.3 Å². The molecule has 1 aromatic heterocycles. The summed E-state index contributed by atoms with van der Waals surface area (Å²) in [6.07, 6.45) is 1.18. The topological polar surface area (TPSA) is 62.9 Å². The summed E-state index contributed by atoms with van der Waals surface area (Å²) in [5.41, 5.74) is 1.75. The van der Waals surface area contributed by atoms with Crippen molar-refractivity contribution in [1.29, 1.82) is 5.26 Å². The fraction of sp³-hybridized carbons (Fsp3) is 0.0714. The predicted octanol–water partition coefficient (Wildman–Crippen LogP) is 2.47. The molecule has 0 N–H and O–H groups in total. The van der Waals surface area contributed by atoms with Gasteiger partial charge in [-0.05, 0) is 24.3 Å². The van der Waals surface area contributed by atoms with E-state index in [4.69, 9.17) is 5.26 Å². The lowest BCUT2D eigenvalue weighted by atomic mass is 10.1. The molecule has 0 atom stereocenters. The maximum atomic E-state index is 12.0. The highest BCUT2D eigenvalue weighted by atomic mass is 32.2. The second kappa shape index (κ2) is 3.84. The Balaban J connectivity index is 2.64. The van der Waals surface area contributed by atoms with E-state index >= 15 is 0 Å². The minimum Gasteiger partial charge on any atom is -0.237 e. The van der Waals surface area contributed by atoms with Gasteiger partial charge in [-0.3, -0.25) is 0 Å². The molecule has 0 radical (unpaired) electrons. The molecule has 3 rings (SSSR count). The Hall–Kier alpha value is -2.32. The van der Waals surface area contributed by atoms with Crippen molar-refractivity contribution >= 4 is 31.8 Å². The monoisotopic (exact) mass is 270 g/mol.